The normalized spacial score (nSPS) is 11.6. The topological polar surface area (TPSA) is 39.3 Å². The number of hydrogen-bond donors (Lipinski definition) is 1. The van der Waals surface area contributed by atoms with Crippen LogP contribution in [-0.2, 0) is 11.3 Å². The number of amides is 1. The molecule has 2 rings (SSSR count). The minimum atomic E-state index is 0.154. The summed E-state index contributed by atoms with van der Waals surface area (Å²) in [6.07, 6.45) is 0. The van der Waals surface area contributed by atoms with Crippen LogP contribution in [0.5, 0.6) is 0 Å². The first kappa shape index (κ1) is 15.6. The van der Waals surface area contributed by atoms with Crippen LogP contribution in [0, 0.1) is 6.92 Å². The van der Waals surface area contributed by atoms with Crippen LogP contribution < -0.4 is 0 Å². The fourth-order valence-corrected chi connectivity index (χ4v) is 2.45. The Morgan fingerprint density at radius 2 is 1.90 bits per heavy atom. The van der Waals surface area contributed by atoms with Gasteiger partial charge in [0.1, 0.15) is 0 Å². The maximum Gasteiger partial charge on any atom is 0.236 e. The lowest BCUT2D eigenvalue weighted by Gasteiger charge is -2.24. The summed E-state index contributed by atoms with van der Waals surface area (Å²) in [6.45, 7) is 7.37. The van der Waals surface area contributed by atoms with E-state index in [1.807, 2.05) is 34.0 Å². The maximum absolute atomic E-state index is 12.1. The highest BCUT2D eigenvalue weighted by molar-refractivity contribution is 5.84. The van der Waals surface area contributed by atoms with Crippen LogP contribution in [0.1, 0.15) is 25.1 Å². The fourth-order valence-electron chi connectivity index (χ4n) is 2.45. The third-order valence-corrected chi connectivity index (χ3v) is 4.07. The predicted octanol–water partition coefficient (Wildman–Crippen LogP) is 2.77. The molecule has 0 radical (unpaired) electrons. The van der Waals surface area contributed by atoms with Gasteiger partial charge < -0.3 is 9.88 Å². The van der Waals surface area contributed by atoms with Crippen molar-refractivity contribution in [3.05, 3.63) is 35.5 Å². The number of hydrogen-bond acceptors (Lipinski definition) is 2. The lowest BCUT2D eigenvalue weighted by Crippen LogP contribution is -2.40. The van der Waals surface area contributed by atoms with Crippen LogP contribution >= 0.6 is 0 Å². The molecule has 0 spiro atoms. The fraction of sp³-hybridized carbons (Fsp3) is 0.471. The van der Waals surface area contributed by atoms with Crippen molar-refractivity contribution >= 4 is 16.8 Å². The summed E-state index contributed by atoms with van der Waals surface area (Å²) >= 11 is 0. The van der Waals surface area contributed by atoms with E-state index in [0.29, 0.717) is 6.54 Å². The van der Waals surface area contributed by atoms with E-state index in [1.165, 1.54) is 16.6 Å². The lowest BCUT2D eigenvalue weighted by atomic mass is 10.1. The van der Waals surface area contributed by atoms with Crippen LogP contribution in [0.15, 0.2) is 24.3 Å². The highest BCUT2D eigenvalue weighted by atomic mass is 16.2. The molecule has 0 aliphatic heterocycles. The molecule has 0 unspecified atom stereocenters. The van der Waals surface area contributed by atoms with E-state index in [9.17, 15) is 4.79 Å². The van der Waals surface area contributed by atoms with Crippen molar-refractivity contribution in [3.63, 3.8) is 0 Å². The van der Waals surface area contributed by atoms with Gasteiger partial charge in [0.25, 0.3) is 0 Å². The first-order valence-electron chi connectivity index (χ1n) is 7.40. The van der Waals surface area contributed by atoms with Crippen LogP contribution in [0.25, 0.3) is 10.9 Å². The summed E-state index contributed by atoms with van der Waals surface area (Å²) < 4.78 is 0. The summed E-state index contributed by atoms with van der Waals surface area (Å²) in [6, 6.07) is 8.54. The van der Waals surface area contributed by atoms with E-state index in [2.05, 4.69) is 35.0 Å². The summed E-state index contributed by atoms with van der Waals surface area (Å²) in [5.74, 6) is 0.154. The van der Waals surface area contributed by atoms with E-state index in [-0.39, 0.29) is 11.9 Å². The lowest BCUT2D eigenvalue weighted by molar-refractivity contribution is -0.132. The number of likely N-dealkylation sites (N-methyl/N-ethyl adjacent to an activating group) is 2. The van der Waals surface area contributed by atoms with Crippen molar-refractivity contribution < 1.29 is 4.79 Å². The Morgan fingerprint density at radius 3 is 2.52 bits per heavy atom. The Hall–Kier alpha value is -1.81. The number of benzene rings is 1. The molecule has 1 amide bonds. The SMILES string of the molecule is Cc1c(CN(C)CC(=O)N(C)C(C)C)[nH]c2ccccc12. The average Bonchev–Trinajstić information content (AvgIpc) is 2.74. The number of carbonyl (C=O) groups excluding carboxylic acids is 1. The van der Waals surface area contributed by atoms with E-state index in [0.717, 1.165) is 12.1 Å². The molecule has 0 saturated carbocycles. The van der Waals surface area contributed by atoms with Gasteiger partial charge in [-0.15, -0.1) is 0 Å². The molecule has 4 nitrogen and oxygen atoms in total. The van der Waals surface area contributed by atoms with E-state index >= 15 is 0 Å². The van der Waals surface area contributed by atoms with Gasteiger partial charge in [0.15, 0.2) is 0 Å². The number of carbonyl (C=O) groups is 1. The molecular weight excluding hydrogens is 262 g/mol. The zero-order chi connectivity index (χ0) is 15.6. The number of aromatic nitrogens is 1. The van der Waals surface area contributed by atoms with E-state index in [1.54, 1.807) is 4.90 Å². The number of nitrogens with zero attached hydrogens (tertiary/aromatic N) is 2. The molecule has 21 heavy (non-hydrogen) atoms. The molecule has 1 aromatic carbocycles. The number of para-hydroxylation sites is 1. The highest BCUT2D eigenvalue weighted by Crippen LogP contribution is 2.22. The summed E-state index contributed by atoms with van der Waals surface area (Å²) in [5.41, 5.74) is 3.60. The third kappa shape index (κ3) is 3.45. The standard InChI is InChI=1S/C17H25N3O/c1-12(2)20(5)17(21)11-19(4)10-16-13(3)14-8-6-7-9-15(14)18-16/h6-9,12,18H,10-11H2,1-5H3. The first-order chi connectivity index (χ1) is 9.90. The number of fused-ring (bicyclic) bond motifs is 1. The summed E-state index contributed by atoms with van der Waals surface area (Å²) in [5, 5.41) is 1.26. The smallest absolute Gasteiger partial charge is 0.236 e. The molecule has 1 N–H and O–H groups in total. The highest BCUT2D eigenvalue weighted by Gasteiger charge is 2.16. The maximum atomic E-state index is 12.1. The number of aryl methyl sites for hydroxylation is 1. The Kier molecular flexibility index (Phi) is 4.68. The Morgan fingerprint density at radius 1 is 1.24 bits per heavy atom. The largest absolute Gasteiger partial charge is 0.357 e. The quantitative estimate of drug-likeness (QED) is 0.918. The number of aromatic amines is 1. The van der Waals surface area contributed by atoms with Gasteiger partial charge >= 0.3 is 0 Å². The molecule has 0 aliphatic carbocycles. The van der Waals surface area contributed by atoms with Gasteiger partial charge in [-0.2, -0.15) is 0 Å². The second-order valence-electron chi connectivity index (χ2n) is 6.04. The molecule has 0 atom stereocenters. The van der Waals surface area contributed by atoms with Crippen LogP contribution in [0.4, 0.5) is 0 Å². The van der Waals surface area contributed by atoms with Crippen molar-refractivity contribution in [2.45, 2.75) is 33.4 Å². The molecule has 0 saturated heterocycles. The second kappa shape index (κ2) is 6.31. The van der Waals surface area contributed by atoms with Crippen LogP contribution in [-0.4, -0.2) is 47.4 Å². The Bertz CT molecular complexity index is 630. The monoisotopic (exact) mass is 287 g/mol. The molecule has 0 bridgehead atoms. The molecule has 0 aliphatic rings. The Balaban J connectivity index is 2.06. The zero-order valence-corrected chi connectivity index (χ0v) is 13.6. The minimum absolute atomic E-state index is 0.154. The number of rotatable bonds is 5. The van der Waals surface area contributed by atoms with Crippen molar-refractivity contribution in [2.75, 3.05) is 20.6 Å². The number of H-pyrrole nitrogens is 1. The van der Waals surface area contributed by atoms with Gasteiger partial charge in [-0.05, 0) is 39.4 Å². The molecule has 114 valence electrons. The Labute approximate surface area is 126 Å². The average molecular weight is 287 g/mol. The first-order valence-corrected chi connectivity index (χ1v) is 7.40. The zero-order valence-electron chi connectivity index (χ0n) is 13.6. The van der Waals surface area contributed by atoms with E-state index < -0.39 is 0 Å². The summed E-state index contributed by atoms with van der Waals surface area (Å²) in [4.78, 5) is 19.4. The van der Waals surface area contributed by atoms with Gasteiger partial charge in [0.05, 0.1) is 6.54 Å². The van der Waals surface area contributed by atoms with Crippen LogP contribution in [0.3, 0.4) is 0 Å². The number of nitrogens with one attached hydrogen (secondary N) is 1. The van der Waals surface area contributed by atoms with Crippen molar-refractivity contribution in [1.29, 1.82) is 0 Å². The molecule has 4 heteroatoms. The third-order valence-electron chi connectivity index (χ3n) is 4.07. The van der Waals surface area contributed by atoms with Crippen molar-refractivity contribution in [1.82, 2.24) is 14.8 Å². The second-order valence-corrected chi connectivity index (χ2v) is 6.04. The van der Waals surface area contributed by atoms with Crippen molar-refractivity contribution in [2.24, 2.45) is 0 Å². The molecule has 0 fully saturated rings. The van der Waals surface area contributed by atoms with Gasteiger partial charge in [-0.25, -0.2) is 0 Å². The predicted molar refractivity (Wildman–Crippen MR) is 87.3 cm³/mol. The summed E-state index contributed by atoms with van der Waals surface area (Å²) in [7, 11) is 3.84. The molecular formula is C17H25N3O. The van der Waals surface area contributed by atoms with Gasteiger partial charge in [0.2, 0.25) is 5.91 Å². The van der Waals surface area contributed by atoms with Gasteiger partial charge in [-0.1, -0.05) is 18.2 Å². The molecule has 1 heterocycles. The van der Waals surface area contributed by atoms with Gasteiger partial charge in [-0.3, -0.25) is 9.69 Å². The van der Waals surface area contributed by atoms with Crippen molar-refractivity contribution in [3.8, 4) is 0 Å². The van der Waals surface area contributed by atoms with Gasteiger partial charge in [0, 0.05) is 36.2 Å². The molecule has 1 aromatic heterocycles. The minimum Gasteiger partial charge on any atom is -0.357 e. The van der Waals surface area contributed by atoms with Crippen LogP contribution in [0.2, 0.25) is 0 Å². The van der Waals surface area contributed by atoms with E-state index in [4.69, 9.17) is 0 Å². The molecule has 2 aromatic rings.